The number of rotatable bonds is 6. The maximum atomic E-state index is 11.0. The number of nitrogens with one attached hydrogen (secondary N) is 2. The highest BCUT2D eigenvalue weighted by Crippen LogP contribution is 2.27. The standard InChI is InChI=1S/C14H21N3O2S2/c1-3-4-5-8-21-10-6-7-12(11(15)9-10)16-13(20)17-14(18)19-2/h6-7,9H,3-5,8,15H2,1-2H3,(H2,16,17,18,20). The van der Waals surface area contributed by atoms with Gasteiger partial charge in [0.1, 0.15) is 0 Å². The van der Waals surface area contributed by atoms with Gasteiger partial charge in [-0.05, 0) is 42.6 Å². The molecule has 1 rings (SSSR count). The second kappa shape index (κ2) is 9.46. The molecule has 0 radical (unpaired) electrons. The van der Waals surface area contributed by atoms with Crippen molar-refractivity contribution in [1.29, 1.82) is 0 Å². The lowest BCUT2D eigenvalue weighted by molar-refractivity contribution is 0.177. The number of methoxy groups -OCH3 is 1. The number of thiocarbonyl (C=S) groups is 1. The van der Waals surface area contributed by atoms with Crippen LogP contribution in [0.3, 0.4) is 0 Å². The second-order valence-corrected chi connectivity index (χ2v) is 5.95. The van der Waals surface area contributed by atoms with Crippen molar-refractivity contribution in [3.8, 4) is 0 Å². The Morgan fingerprint density at radius 3 is 2.81 bits per heavy atom. The third-order valence-electron chi connectivity index (χ3n) is 2.69. The number of hydrogen-bond donors (Lipinski definition) is 3. The molecule has 0 unspecified atom stereocenters. The first-order chi connectivity index (χ1) is 10.1. The summed E-state index contributed by atoms with van der Waals surface area (Å²) in [5.41, 5.74) is 7.23. The minimum atomic E-state index is -0.617. The van der Waals surface area contributed by atoms with Crippen LogP contribution in [-0.2, 0) is 4.74 Å². The topological polar surface area (TPSA) is 76.4 Å². The average Bonchev–Trinajstić information content (AvgIpc) is 2.46. The van der Waals surface area contributed by atoms with Crippen molar-refractivity contribution in [3.05, 3.63) is 18.2 Å². The van der Waals surface area contributed by atoms with Gasteiger partial charge in [-0.3, -0.25) is 5.32 Å². The SMILES string of the molecule is CCCCCSc1ccc(NC(=S)NC(=O)OC)c(N)c1. The predicted molar refractivity (Wildman–Crippen MR) is 92.9 cm³/mol. The van der Waals surface area contributed by atoms with Crippen LogP contribution in [-0.4, -0.2) is 24.1 Å². The van der Waals surface area contributed by atoms with Crippen molar-refractivity contribution < 1.29 is 9.53 Å². The minimum absolute atomic E-state index is 0.150. The molecule has 0 saturated carbocycles. The average molecular weight is 327 g/mol. The summed E-state index contributed by atoms with van der Waals surface area (Å²) in [5, 5.41) is 5.38. The summed E-state index contributed by atoms with van der Waals surface area (Å²) >= 11 is 6.77. The Hall–Kier alpha value is -1.47. The van der Waals surface area contributed by atoms with Gasteiger partial charge in [-0.25, -0.2) is 4.79 Å². The maximum Gasteiger partial charge on any atom is 0.413 e. The molecule has 116 valence electrons. The van der Waals surface area contributed by atoms with Crippen molar-refractivity contribution in [1.82, 2.24) is 5.32 Å². The lowest BCUT2D eigenvalue weighted by Gasteiger charge is -2.12. The smallest absolute Gasteiger partial charge is 0.413 e. The molecule has 0 heterocycles. The van der Waals surface area contributed by atoms with Crippen LogP contribution >= 0.6 is 24.0 Å². The van der Waals surface area contributed by atoms with Gasteiger partial charge in [0.15, 0.2) is 5.11 Å². The van der Waals surface area contributed by atoms with Crippen LogP contribution in [0.2, 0.25) is 0 Å². The largest absolute Gasteiger partial charge is 0.453 e. The van der Waals surface area contributed by atoms with Crippen LogP contribution in [0, 0.1) is 0 Å². The Morgan fingerprint density at radius 2 is 2.19 bits per heavy atom. The molecule has 0 aliphatic carbocycles. The Balaban J connectivity index is 2.53. The zero-order valence-corrected chi connectivity index (χ0v) is 13.9. The van der Waals surface area contributed by atoms with Crippen molar-refractivity contribution in [3.63, 3.8) is 0 Å². The molecule has 1 aromatic rings. The van der Waals surface area contributed by atoms with Gasteiger partial charge in [0.25, 0.3) is 0 Å². The second-order valence-electron chi connectivity index (χ2n) is 4.38. The van der Waals surface area contributed by atoms with E-state index < -0.39 is 6.09 Å². The Labute approximate surface area is 135 Å². The lowest BCUT2D eigenvalue weighted by atomic mass is 10.3. The molecule has 1 aromatic carbocycles. The van der Waals surface area contributed by atoms with Crippen LogP contribution in [0.15, 0.2) is 23.1 Å². The molecule has 0 spiro atoms. The monoisotopic (exact) mass is 327 g/mol. The Kier molecular flexibility index (Phi) is 7.92. The molecule has 5 nitrogen and oxygen atoms in total. The summed E-state index contributed by atoms with van der Waals surface area (Å²) < 4.78 is 4.46. The van der Waals surface area contributed by atoms with Gasteiger partial charge >= 0.3 is 6.09 Å². The molecule has 0 fully saturated rings. The molecule has 4 N–H and O–H groups in total. The number of benzene rings is 1. The highest BCUT2D eigenvalue weighted by molar-refractivity contribution is 7.99. The van der Waals surface area contributed by atoms with Gasteiger partial charge in [0, 0.05) is 4.90 Å². The molecular formula is C14H21N3O2S2. The fourth-order valence-corrected chi connectivity index (χ4v) is 2.74. The van der Waals surface area contributed by atoms with Crippen LogP contribution in [0.25, 0.3) is 0 Å². The van der Waals surface area contributed by atoms with E-state index in [-0.39, 0.29) is 5.11 Å². The predicted octanol–water partition coefficient (Wildman–Crippen LogP) is 3.60. The molecule has 1 amide bonds. The fraction of sp³-hybridized carbons (Fsp3) is 0.429. The van der Waals surface area contributed by atoms with E-state index >= 15 is 0 Å². The van der Waals surface area contributed by atoms with Crippen molar-refractivity contribution in [2.75, 3.05) is 23.9 Å². The van der Waals surface area contributed by atoms with Crippen LogP contribution in [0.4, 0.5) is 16.2 Å². The van der Waals surface area contributed by atoms with Gasteiger partial charge in [0.05, 0.1) is 18.5 Å². The quantitative estimate of drug-likeness (QED) is 0.321. The Bertz CT molecular complexity index is 495. The Morgan fingerprint density at radius 1 is 1.43 bits per heavy atom. The number of unbranched alkanes of at least 4 members (excludes halogenated alkanes) is 2. The van der Waals surface area contributed by atoms with E-state index in [0.29, 0.717) is 11.4 Å². The molecule has 7 heteroatoms. The summed E-state index contributed by atoms with van der Waals surface area (Å²) in [4.78, 5) is 12.2. The third kappa shape index (κ3) is 6.68. The van der Waals surface area contributed by atoms with E-state index in [9.17, 15) is 4.79 Å². The molecular weight excluding hydrogens is 306 g/mol. The molecule has 0 bridgehead atoms. The number of ether oxygens (including phenoxy) is 1. The van der Waals surface area contributed by atoms with Gasteiger partial charge in [-0.2, -0.15) is 0 Å². The first-order valence-corrected chi connectivity index (χ1v) is 8.14. The molecule has 21 heavy (non-hydrogen) atoms. The third-order valence-corrected chi connectivity index (χ3v) is 3.97. The molecule has 0 saturated heterocycles. The summed E-state index contributed by atoms with van der Waals surface area (Å²) in [6.45, 7) is 2.19. The van der Waals surface area contributed by atoms with Crippen molar-refractivity contribution in [2.24, 2.45) is 0 Å². The number of amides is 1. The molecule has 0 atom stereocenters. The number of carbonyl (C=O) groups is 1. The van der Waals surface area contributed by atoms with Crippen LogP contribution < -0.4 is 16.4 Å². The summed E-state index contributed by atoms with van der Waals surface area (Å²) in [6.07, 6.45) is 3.05. The van der Waals surface area contributed by atoms with E-state index in [1.165, 1.54) is 26.4 Å². The molecule has 0 aromatic heterocycles. The van der Waals surface area contributed by atoms with Crippen molar-refractivity contribution in [2.45, 2.75) is 31.1 Å². The summed E-state index contributed by atoms with van der Waals surface area (Å²) in [7, 11) is 1.27. The van der Waals surface area contributed by atoms with E-state index in [0.717, 1.165) is 10.6 Å². The number of alkyl carbamates (subject to hydrolysis) is 1. The zero-order chi connectivity index (χ0) is 15.7. The number of nitrogen functional groups attached to an aromatic ring is 1. The maximum absolute atomic E-state index is 11.0. The number of nitrogens with two attached hydrogens (primary N) is 1. The first kappa shape index (κ1) is 17.6. The van der Waals surface area contributed by atoms with Gasteiger partial charge in [-0.1, -0.05) is 19.8 Å². The minimum Gasteiger partial charge on any atom is -0.453 e. The van der Waals surface area contributed by atoms with E-state index in [1.54, 1.807) is 11.8 Å². The molecule has 0 aliphatic heterocycles. The van der Waals surface area contributed by atoms with Gasteiger partial charge in [0.2, 0.25) is 0 Å². The number of thioether (sulfide) groups is 1. The van der Waals surface area contributed by atoms with Gasteiger partial charge < -0.3 is 15.8 Å². The highest BCUT2D eigenvalue weighted by Gasteiger charge is 2.06. The van der Waals surface area contributed by atoms with E-state index in [1.807, 2.05) is 18.2 Å². The number of anilines is 2. The van der Waals surface area contributed by atoms with Crippen LogP contribution in [0.5, 0.6) is 0 Å². The molecule has 0 aliphatic rings. The summed E-state index contributed by atoms with van der Waals surface area (Å²) in [5.74, 6) is 1.09. The number of hydrogen-bond acceptors (Lipinski definition) is 5. The normalized spacial score (nSPS) is 10.0. The first-order valence-electron chi connectivity index (χ1n) is 6.75. The van der Waals surface area contributed by atoms with E-state index in [2.05, 4.69) is 22.3 Å². The fourth-order valence-electron chi connectivity index (χ4n) is 1.58. The number of carbonyl (C=O) groups excluding carboxylic acids is 1. The van der Waals surface area contributed by atoms with Crippen molar-refractivity contribution >= 4 is 46.6 Å². The van der Waals surface area contributed by atoms with Crippen LogP contribution in [0.1, 0.15) is 26.2 Å². The lowest BCUT2D eigenvalue weighted by Crippen LogP contribution is -2.34. The van der Waals surface area contributed by atoms with E-state index in [4.69, 9.17) is 18.0 Å². The summed E-state index contributed by atoms with van der Waals surface area (Å²) in [6, 6.07) is 5.73. The van der Waals surface area contributed by atoms with Gasteiger partial charge in [-0.15, -0.1) is 11.8 Å². The zero-order valence-electron chi connectivity index (χ0n) is 12.3. The highest BCUT2D eigenvalue weighted by atomic mass is 32.2.